The van der Waals surface area contributed by atoms with Crippen LogP contribution in [-0.2, 0) is 0 Å². The van der Waals surface area contributed by atoms with Gasteiger partial charge in [0.25, 0.3) is 0 Å². The molecule has 0 aliphatic rings. The third kappa shape index (κ3) is 17.7. The van der Waals surface area contributed by atoms with Gasteiger partial charge >= 0.3 is 0 Å². The van der Waals surface area contributed by atoms with Crippen molar-refractivity contribution >= 4 is 0 Å². The van der Waals surface area contributed by atoms with Crippen LogP contribution in [-0.4, -0.2) is 33.2 Å². The van der Waals surface area contributed by atoms with E-state index in [-0.39, 0.29) is 0 Å². The first-order chi connectivity index (χ1) is 5.41. The Morgan fingerprint density at radius 1 is 1.09 bits per heavy atom. The van der Waals surface area contributed by atoms with Crippen molar-refractivity contribution in [1.29, 1.82) is 0 Å². The van der Waals surface area contributed by atoms with Gasteiger partial charge in [0.2, 0.25) is 0 Å². The molecule has 0 amide bonds. The summed E-state index contributed by atoms with van der Waals surface area (Å²) in [6.07, 6.45) is 1.18. The average Bonchev–Trinajstić information content (AvgIpc) is 2.08. The summed E-state index contributed by atoms with van der Waals surface area (Å²) in [7, 11) is 1.96. The van der Waals surface area contributed by atoms with Crippen LogP contribution in [0.15, 0.2) is 0 Å². The molecule has 0 saturated heterocycles. The molecule has 11 heavy (non-hydrogen) atoms. The highest BCUT2D eigenvalue weighted by Gasteiger charge is 1.82. The van der Waals surface area contributed by atoms with Gasteiger partial charge in [-0.3, -0.25) is 0 Å². The van der Waals surface area contributed by atoms with Crippen molar-refractivity contribution in [1.82, 2.24) is 10.6 Å². The van der Waals surface area contributed by atoms with Crippen molar-refractivity contribution in [2.45, 2.75) is 20.3 Å². The van der Waals surface area contributed by atoms with Crippen molar-refractivity contribution in [3.63, 3.8) is 0 Å². The Kier molecular flexibility index (Phi) is 20.2. The van der Waals surface area contributed by atoms with Crippen molar-refractivity contribution in [2.75, 3.05) is 33.2 Å². The summed E-state index contributed by atoms with van der Waals surface area (Å²) in [6, 6.07) is 0. The summed E-state index contributed by atoms with van der Waals surface area (Å²) in [6.45, 7) is 7.82. The summed E-state index contributed by atoms with van der Waals surface area (Å²) >= 11 is 0. The molecule has 0 aliphatic heterocycles. The summed E-state index contributed by atoms with van der Waals surface area (Å²) in [5.41, 5.74) is 5.27. The lowest BCUT2D eigenvalue weighted by atomic mass is 10.4. The van der Waals surface area contributed by atoms with Gasteiger partial charge in [-0.15, -0.1) is 0 Å². The topological polar surface area (TPSA) is 50.1 Å². The third-order valence-electron chi connectivity index (χ3n) is 1.10. The normalized spacial score (nSPS) is 8.73. The van der Waals surface area contributed by atoms with Gasteiger partial charge in [-0.1, -0.05) is 13.8 Å². The third-order valence-corrected chi connectivity index (χ3v) is 1.10. The van der Waals surface area contributed by atoms with Crippen LogP contribution < -0.4 is 16.4 Å². The van der Waals surface area contributed by atoms with E-state index in [0.29, 0.717) is 0 Å². The minimum atomic E-state index is 0.736. The van der Waals surface area contributed by atoms with Gasteiger partial charge < -0.3 is 16.4 Å². The second-order valence-electron chi connectivity index (χ2n) is 2.00. The van der Waals surface area contributed by atoms with Gasteiger partial charge in [-0.05, 0) is 26.6 Å². The smallest absolute Gasteiger partial charge is 0.00745 e. The lowest BCUT2D eigenvalue weighted by molar-refractivity contribution is 0.629. The molecule has 0 rings (SSSR count). The highest BCUT2D eigenvalue weighted by atomic mass is 14.9. The van der Waals surface area contributed by atoms with E-state index in [1.54, 1.807) is 0 Å². The Bertz CT molecular complexity index is 42.6. The van der Waals surface area contributed by atoms with Crippen LogP contribution in [0.5, 0.6) is 0 Å². The Morgan fingerprint density at radius 3 is 2.18 bits per heavy atom. The molecule has 0 aromatic heterocycles. The van der Waals surface area contributed by atoms with E-state index >= 15 is 0 Å². The highest BCUT2D eigenvalue weighted by molar-refractivity contribution is 4.48. The molecule has 0 aliphatic carbocycles. The van der Waals surface area contributed by atoms with Crippen LogP contribution in [0.3, 0.4) is 0 Å². The maximum Gasteiger partial charge on any atom is 0.00745 e. The largest absolute Gasteiger partial charge is 0.329 e. The molecule has 0 aromatic rings. The average molecular weight is 161 g/mol. The second kappa shape index (κ2) is 16.5. The first kappa shape index (κ1) is 13.5. The molecule has 0 spiro atoms. The fourth-order valence-corrected chi connectivity index (χ4v) is 0.617. The SMILES string of the molecule is CC.CNCCCNCCN. The van der Waals surface area contributed by atoms with Crippen molar-refractivity contribution in [3.05, 3.63) is 0 Å². The van der Waals surface area contributed by atoms with Gasteiger partial charge in [0.05, 0.1) is 0 Å². The van der Waals surface area contributed by atoms with Crippen molar-refractivity contribution < 1.29 is 0 Å². The standard InChI is InChI=1S/C6H17N3.C2H6/c1-8-4-2-5-9-6-3-7;1-2/h8-9H,2-7H2,1H3;1-2H3. The number of hydrogen-bond acceptors (Lipinski definition) is 3. The lowest BCUT2D eigenvalue weighted by Gasteiger charge is -2.00. The second-order valence-corrected chi connectivity index (χ2v) is 2.00. The number of nitrogens with two attached hydrogens (primary N) is 1. The Hall–Kier alpha value is -0.120. The molecule has 0 saturated carbocycles. The fraction of sp³-hybridized carbons (Fsp3) is 1.00. The minimum Gasteiger partial charge on any atom is -0.329 e. The summed E-state index contributed by atoms with van der Waals surface area (Å²) in [4.78, 5) is 0. The predicted molar refractivity (Wildman–Crippen MR) is 51.8 cm³/mol. The Morgan fingerprint density at radius 2 is 1.73 bits per heavy atom. The van der Waals surface area contributed by atoms with Crippen LogP contribution >= 0.6 is 0 Å². The maximum atomic E-state index is 5.27. The highest BCUT2D eigenvalue weighted by Crippen LogP contribution is 1.69. The fourth-order valence-electron chi connectivity index (χ4n) is 0.617. The quantitative estimate of drug-likeness (QED) is 0.487. The molecular formula is C8H23N3. The zero-order valence-electron chi connectivity index (χ0n) is 8.11. The summed E-state index contributed by atoms with van der Waals surface area (Å²) in [5.74, 6) is 0. The number of rotatable bonds is 6. The number of hydrogen-bond donors (Lipinski definition) is 3. The molecule has 0 radical (unpaired) electrons. The number of nitrogens with one attached hydrogen (secondary N) is 2. The van der Waals surface area contributed by atoms with E-state index < -0.39 is 0 Å². The summed E-state index contributed by atoms with van der Waals surface area (Å²) < 4.78 is 0. The molecule has 0 fully saturated rings. The molecular weight excluding hydrogens is 138 g/mol. The van der Waals surface area contributed by atoms with Crippen LogP contribution in [0.2, 0.25) is 0 Å². The molecule has 0 heterocycles. The first-order valence-electron chi connectivity index (χ1n) is 4.47. The maximum absolute atomic E-state index is 5.27. The molecule has 3 heteroatoms. The Labute approximate surface area is 70.7 Å². The van der Waals surface area contributed by atoms with Gasteiger partial charge in [0.1, 0.15) is 0 Å². The van der Waals surface area contributed by atoms with Gasteiger partial charge in [0, 0.05) is 13.1 Å². The van der Waals surface area contributed by atoms with E-state index in [1.807, 2.05) is 20.9 Å². The van der Waals surface area contributed by atoms with Crippen molar-refractivity contribution in [3.8, 4) is 0 Å². The molecule has 3 nitrogen and oxygen atoms in total. The summed E-state index contributed by atoms with van der Waals surface area (Å²) in [5, 5.41) is 6.28. The van der Waals surface area contributed by atoms with E-state index in [0.717, 1.165) is 26.2 Å². The van der Waals surface area contributed by atoms with E-state index in [9.17, 15) is 0 Å². The zero-order chi connectivity index (χ0) is 8.95. The molecule has 0 atom stereocenters. The molecule has 0 unspecified atom stereocenters. The van der Waals surface area contributed by atoms with Crippen LogP contribution in [0.25, 0.3) is 0 Å². The van der Waals surface area contributed by atoms with Gasteiger partial charge in [-0.25, -0.2) is 0 Å². The first-order valence-corrected chi connectivity index (χ1v) is 4.47. The zero-order valence-corrected chi connectivity index (χ0v) is 8.11. The van der Waals surface area contributed by atoms with Crippen LogP contribution in [0.1, 0.15) is 20.3 Å². The van der Waals surface area contributed by atoms with Crippen molar-refractivity contribution in [2.24, 2.45) is 5.73 Å². The monoisotopic (exact) mass is 161 g/mol. The van der Waals surface area contributed by atoms with E-state index in [4.69, 9.17) is 5.73 Å². The molecule has 0 aromatic carbocycles. The molecule has 70 valence electrons. The van der Waals surface area contributed by atoms with Gasteiger partial charge in [0.15, 0.2) is 0 Å². The Balaban J connectivity index is 0. The molecule has 0 bridgehead atoms. The van der Waals surface area contributed by atoms with Crippen LogP contribution in [0, 0.1) is 0 Å². The van der Waals surface area contributed by atoms with Gasteiger partial charge in [-0.2, -0.15) is 0 Å². The van der Waals surface area contributed by atoms with Crippen LogP contribution in [0.4, 0.5) is 0 Å². The van der Waals surface area contributed by atoms with E-state index in [2.05, 4.69) is 10.6 Å². The lowest BCUT2D eigenvalue weighted by Crippen LogP contribution is -2.25. The van der Waals surface area contributed by atoms with E-state index in [1.165, 1.54) is 6.42 Å². The predicted octanol–water partition coefficient (Wildman–Crippen LogP) is 0.170. The minimum absolute atomic E-state index is 0.736. The molecule has 4 N–H and O–H groups in total.